The summed E-state index contributed by atoms with van der Waals surface area (Å²) in [5.74, 6) is 0.815. The Kier molecular flexibility index (Phi) is 5.26. The van der Waals surface area contributed by atoms with Crippen LogP contribution in [-0.2, 0) is 6.42 Å². The number of hydrogen-bond acceptors (Lipinski definition) is 2. The molecule has 1 aliphatic rings. The highest BCUT2D eigenvalue weighted by Gasteiger charge is 2.17. The van der Waals surface area contributed by atoms with E-state index < -0.39 is 0 Å². The van der Waals surface area contributed by atoms with Gasteiger partial charge in [-0.3, -0.25) is 0 Å². The largest absolute Gasteiger partial charge is 0.370 e. The maximum Gasteiger partial charge on any atom is 0.0399 e. The van der Waals surface area contributed by atoms with E-state index in [-0.39, 0.29) is 0 Å². The van der Waals surface area contributed by atoms with Crippen LogP contribution in [0, 0.1) is 5.92 Å². The van der Waals surface area contributed by atoms with E-state index >= 15 is 0 Å². The maximum atomic E-state index is 3.65. The third-order valence-electron chi connectivity index (χ3n) is 4.03. The molecule has 1 aliphatic heterocycles. The predicted octanol–water partition coefficient (Wildman–Crippen LogP) is 3.46. The second-order valence-electron chi connectivity index (χ2n) is 6.19. The van der Waals surface area contributed by atoms with Gasteiger partial charge in [-0.05, 0) is 43.7 Å². The lowest BCUT2D eigenvalue weighted by Gasteiger charge is -2.21. The molecule has 0 amide bonds. The summed E-state index contributed by atoms with van der Waals surface area (Å²) in [6, 6.07) is 9.45. The van der Waals surface area contributed by atoms with Crippen LogP contribution in [0.15, 0.2) is 24.3 Å². The van der Waals surface area contributed by atoms with E-state index in [1.54, 1.807) is 0 Å². The molecular formula is C17H28N2. The van der Waals surface area contributed by atoms with Gasteiger partial charge in [0.1, 0.15) is 0 Å². The van der Waals surface area contributed by atoms with Gasteiger partial charge in [0.2, 0.25) is 0 Å². The van der Waals surface area contributed by atoms with Crippen LogP contribution in [0.25, 0.3) is 0 Å². The van der Waals surface area contributed by atoms with Crippen LogP contribution in [0.5, 0.6) is 0 Å². The molecule has 2 rings (SSSR count). The van der Waals surface area contributed by atoms with Crippen molar-refractivity contribution in [2.75, 3.05) is 24.5 Å². The monoisotopic (exact) mass is 260 g/mol. The van der Waals surface area contributed by atoms with Crippen LogP contribution in [0.3, 0.4) is 0 Å². The third-order valence-corrected chi connectivity index (χ3v) is 4.03. The molecule has 0 aliphatic carbocycles. The first-order valence-electron chi connectivity index (χ1n) is 7.73. The van der Waals surface area contributed by atoms with Gasteiger partial charge in [0.05, 0.1) is 0 Å². The molecule has 1 heterocycles. The fourth-order valence-corrected chi connectivity index (χ4v) is 2.77. The topological polar surface area (TPSA) is 15.3 Å². The summed E-state index contributed by atoms with van der Waals surface area (Å²) in [7, 11) is 0. The van der Waals surface area contributed by atoms with Crippen molar-refractivity contribution in [2.24, 2.45) is 5.92 Å². The smallest absolute Gasteiger partial charge is 0.0399 e. The van der Waals surface area contributed by atoms with E-state index in [9.17, 15) is 0 Å². The Morgan fingerprint density at radius 3 is 2.74 bits per heavy atom. The fourth-order valence-electron chi connectivity index (χ4n) is 2.77. The summed E-state index contributed by atoms with van der Waals surface area (Å²) in [5, 5.41) is 3.65. The molecule has 106 valence electrons. The summed E-state index contributed by atoms with van der Waals surface area (Å²) < 4.78 is 0. The van der Waals surface area contributed by atoms with Crippen molar-refractivity contribution in [3.8, 4) is 0 Å². The van der Waals surface area contributed by atoms with Gasteiger partial charge in [0.15, 0.2) is 0 Å². The summed E-state index contributed by atoms with van der Waals surface area (Å²) >= 11 is 0. The number of nitrogens with zero attached hydrogens (tertiary/aromatic N) is 1. The van der Waals surface area contributed by atoms with Gasteiger partial charge in [-0.1, -0.05) is 32.0 Å². The van der Waals surface area contributed by atoms with Crippen molar-refractivity contribution >= 4 is 5.69 Å². The minimum absolute atomic E-state index is 0.639. The van der Waals surface area contributed by atoms with Gasteiger partial charge in [-0.25, -0.2) is 0 Å². The summed E-state index contributed by atoms with van der Waals surface area (Å²) in [6.07, 6.45) is 3.81. The first-order valence-corrected chi connectivity index (χ1v) is 7.73. The molecule has 0 bridgehead atoms. The van der Waals surface area contributed by atoms with Crippen LogP contribution < -0.4 is 10.2 Å². The molecule has 0 saturated heterocycles. The number of hydrogen-bond donors (Lipinski definition) is 1. The molecule has 0 saturated carbocycles. The van der Waals surface area contributed by atoms with E-state index in [0.717, 1.165) is 19.0 Å². The first-order chi connectivity index (χ1) is 9.16. The van der Waals surface area contributed by atoms with E-state index in [1.165, 1.54) is 37.1 Å². The highest BCUT2D eigenvalue weighted by molar-refractivity contribution is 5.57. The molecule has 0 spiro atoms. The Balaban J connectivity index is 1.70. The van der Waals surface area contributed by atoms with Gasteiger partial charge < -0.3 is 10.2 Å². The second-order valence-corrected chi connectivity index (χ2v) is 6.19. The number of para-hydroxylation sites is 1. The molecule has 1 atom stereocenters. The van der Waals surface area contributed by atoms with Crippen LogP contribution in [-0.4, -0.2) is 25.7 Å². The van der Waals surface area contributed by atoms with Crippen LogP contribution in [0.1, 0.15) is 39.2 Å². The molecule has 0 aromatic heterocycles. The van der Waals surface area contributed by atoms with E-state index in [0.29, 0.717) is 6.04 Å². The number of fused-ring (bicyclic) bond motifs is 1. The zero-order valence-corrected chi connectivity index (χ0v) is 12.7. The van der Waals surface area contributed by atoms with Crippen molar-refractivity contribution in [1.29, 1.82) is 0 Å². The maximum absolute atomic E-state index is 3.65. The molecule has 1 N–H and O–H groups in total. The lowest BCUT2D eigenvalue weighted by molar-refractivity contribution is 0.453. The van der Waals surface area contributed by atoms with E-state index in [4.69, 9.17) is 0 Å². The molecule has 1 unspecified atom stereocenters. The van der Waals surface area contributed by atoms with Crippen LogP contribution >= 0.6 is 0 Å². The fraction of sp³-hybridized carbons (Fsp3) is 0.647. The van der Waals surface area contributed by atoms with Crippen molar-refractivity contribution in [2.45, 2.75) is 46.1 Å². The second kappa shape index (κ2) is 6.95. The number of nitrogens with one attached hydrogen (secondary N) is 1. The lowest BCUT2D eigenvalue weighted by Crippen LogP contribution is -2.35. The number of anilines is 1. The average molecular weight is 260 g/mol. The van der Waals surface area contributed by atoms with Gasteiger partial charge in [0, 0.05) is 31.4 Å². The standard InChI is InChI=1S/C17H28N2/c1-14(2)8-9-15(3)18-11-13-19-12-10-16-6-4-5-7-17(16)19/h4-7,14-15,18H,8-13H2,1-3H3. The van der Waals surface area contributed by atoms with Crippen molar-refractivity contribution in [1.82, 2.24) is 5.32 Å². The Morgan fingerprint density at radius 2 is 1.95 bits per heavy atom. The van der Waals surface area contributed by atoms with Gasteiger partial charge in [-0.2, -0.15) is 0 Å². The van der Waals surface area contributed by atoms with Crippen molar-refractivity contribution in [3.05, 3.63) is 29.8 Å². The van der Waals surface area contributed by atoms with Crippen LogP contribution in [0.2, 0.25) is 0 Å². The summed E-state index contributed by atoms with van der Waals surface area (Å²) in [5.41, 5.74) is 2.95. The first kappa shape index (κ1) is 14.4. The van der Waals surface area contributed by atoms with Gasteiger partial charge >= 0.3 is 0 Å². The molecule has 0 fully saturated rings. The Labute approximate surface area is 118 Å². The van der Waals surface area contributed by atoms with Gasteiger partial charge in [-0.15, -0.1) is 0 Å². The van der Waals surface area contributed by atoms with E-state index in [1.807, 2.05) is 0 Å². The van der Waals surface area contributed by atoms with Crippen LogP contribution in [0.4, 0.5) is 5.69 Å². The Morgan fingerprint density at radius 1 is 1.16 bits per heavy atom. The minimum atomic E-state index is 0.639. The number of rotatable bonds is 7. The number of benzene rings is 1. The third kappa shape index (κ3) is 4.24. The van der Waals surface area contributed by atoms with Gasteiger partial charge in [0.25, 0.3) is 0 Å². The zero-order valence-electron chi connectivity index (χ0n) is 12.7. The SMILES string of the molecule is CC(C)CCC(C)NCCN1CCc2ccccc21. The van der Waals surface area contributed by atoms with Crippen molar-refractivity contribution in [3.63, 3.8) is 0 Å². The zero-order chi connectivity index (χ0) is 13.7. The Hall–Kier alpha value is -1.02. The highest BCUT2D eigenvalue weighted by atomic mass is 15.2. The predicted molar refractivity (Wildman–Crippen MR) is 83.9 cm³/mol. The normalized spacial score (nSPS) is 15.9. The molecule has 2 nitrogen and oxygen atoms in total. The quantitative estimate of drug-likeness (QED) is 0.807. The minimum Gasteiger partial charge on any atom is -0.370 e. The van der Waals surface area contributed by atoms with Crippen molar-refractivity contribution < 1.29 is 0 Å². The summed E-state index contributed by atoms with van der Waals surface area (Å²) in [4.78, 5) is 2.51. The molecule has 0 radical (unpaired) electrons. The highest BCUT2D eigenvalue weighted by Crippen LogP contribution is 2.26. The molecule has 2 heteroatoms. The average Bonchev–Trinajstić information content (AvgIpc) is 2.80. The lowest BCUT2D eigenvalue weighted by atomic mass is 10.0. The molecule has 1 aromatic carbocycles. The molecule has 19 heavy (non-hydrogen) atoms. The molecule has 1 aromatic rings. The van der Waals surface area contributed by atoms with E-state index in [2.05, 4.69) is 55.3 Å². The molecular weight excluding hydrogens is 232 g/mol. The Bertz CT molecular complexity index is 387. The summed E-state index contributed by atoms with van der Waals surface area (Å²) in [6.45, 7) is 10.3.